The van der Waals surface area contributed by atoms with Gasteiger partial charge in [0.1, 0.15) is 6.29 Å². The van der Waals surface area contributed by atoms with Crippen LogP contribution in [0.4, 0.5) is 0 Å². The molecule has 2 aliphatic rings. The van der Waals surface area contributed by atoms with Gasteiger partial charge in [-0.15, -0.1) is 0 Å². The minimum Gasteiger partial charge on any atom is -0.328 e. The van der Waals surface area contributed by atoms with Crippen LogP contribution in [-0.2, 0) is 11.2 Å². The molecule has 0 spiro atoms. The fraction of sp³-hybridized carbons (Fsp3) is 0.588. The smallest absolute Gasteiger partial charge is 0.227 e. The predicted octanol–water partition coefficient (Wildman–Crippen LogP) is 1.25. The Hall–Kier alpha value is -0.950. The number of carbonyl (C=O) groups excluding carboxylic acids is 1. The summed E-state index contributed by atoms with van der Waals surface area (Å²) in [4.78, 5) is 17.2. The fourth-order valence-electron chi connectivity index (χ4n) is 3.30. The first-order chi connectivity index (χ1) is 11.0. The van der Waals surface area contributed by atoms with Crippen molar-refractivity contribution in [2.75, 3.05) is 33.2 Å². The first-order valence-electron chi connectivity index (χ1n) is 8.26. The molecule has 0 saturated carbocycles. The summed E-state index contributed by atoms with van der Waals surface area (Å²) in [6, 6.07) is 8.38. The van der Waals surface area contributed by atoms with Crippen molar-refractivity contribution >= 4 is 21.8 Å². The summed E-state index contributed by atoms with van der Waals surface area (Å²) in [5.41, 5.74) is 1.19. The van der Waals surface area contributed by atoms with Crippen LogP contribution in [0, 0.1) is 5.92 Å². The zero-order chi connectivity index (χ0) is 16.4. The molecule has 0 bridgehead atoms. The molecule has 2 saturated heterocycles. The lowest BCUT2D eigenvalue weighted by Crippen LogP contribution is -2.68. The largest absolute Gasteiger partial charge is 0.328 e. The van der Waals surface area contributed by atoms with E-state index in [0.717, 1.165) is 37.1 Å². The standard InChI is InChI=1S/C17H25BrN4O/c1-12-15(11-13-3-5-14(18)6-4-13)16(23)20-17(19-12)22-9-7-21(2)8-10-22/h3-6,12,15,17,19H,7-11H2,1-2H3,(H,20,23). The van der Waals surface area contributed by atoms with E-state index in [0.29, 0.717) is 0 Å². The van der Waals surface area contributed by atoms with Crippen LogP contribution in [0.2, 0.25) is 0 Å². The highest BCUT2D eigenvalue weighted by molar-refractivity contribution is 9.10. The second kappa shape index (κ2) is 7.30. The van der Waals surface area contributed by atoms with Gasteiger partial charge < -0.3 is 10.2 Å². The number of benzene rings is 1. The molecule has 3 atom stereocenters. The van der Waals surface area contributed by atoms with Crippen LogP contribution >= 0.6 is 15.9 Å². The Balaban J connectivity index is 1.60. The Morgan fingerprint density at radius 2 is 1.83 bits per heavy atom. The van der Waals surface area contributed by atoms with Crippen LogP contribution in [0.1, 0.15) is 12.5 Å². The maximum Gasteiger partial charge on any atom is 0.227 e. The Kier molecular flexibility index (Phi) is 5.36. The molecule has 23 heavy (non-hydrogen) atoms. The number of likely N-dealkylation sites (N-methyl/N-ethyl adjacent to an activating group) is 1. The van der Waals surface area contributed by atoms with E-state index in [4.69, 9.17) is 0 Å². The number of nitrogens with one attached hydrogen (secondary N) is 2. The zero-order valence-corrected chi connectivity index (χ0v) is 15.3. The highest BCUT2D eigenvalue weighted by atomic mass is 79.9. The third-order valence-electron chi connectivity index (χ3n) is 4.91. The summed E-state index contributed by atoms with van der Waals surface area (Å²) in [6.45, 7) is 6.18. The quantitative estimate of drug-likeness (QED) is 0.828. The van der Waals surface area contributed by atoms with E-state index in [1.54, 1.807) is 0 Å². The second-order valence-electron chi connectivity index (χ2n) is 6.64. The number of halogens is 1. The molecule has 2 aliphatic heterocycles. The number of rotatable bonds is 3. The van der Waals surface area contributed by atoms with Crippen LogP contribution in [-0.4, -0.2) is 61.3 Å². The van der Waals surface area contributed by atoms with Crippen molar-refractivity contribution < 1.29 is 4.79 Å². The van der Waals surface area contributed by atoms with Gasteiger partial charge in [0.2, 0.25) is 5.91 Å². The zero-order valence-electron chi connectivity index (χ0n) is 13.8. The van der Waals surface area contributed by atoms with Gasteiger partial charge in [-0.25, -0.2) is 0 Å². The molecule has 2 fully saturated rings. The summed E-state index contributed by atoms with van der Waals surface area (Å²) in [7, 11) is 2.14. The molecule has 5 nitrogen and oxygen atoms in total. The molecule has 6 heteroatoms. The van der Waals surface area contributed by atoms with E-state index in [1.807, 2.05) is 12.1 Å². The molecule has 1 aromatic carbocycles. The van der Waals surface area contributed by atoms with Crippen molar-refractivity contribution in [1.82, 2.24) is 20.4 Å². The lowest BCUT2D eigenvalue weighted by Gasteiger charge is -2.44. The minimum absolute atomic E-state index is 0.0279. The number of piperazine rings is 1. The molecule has 0 radical (unpaired) electrons. The normalized spacial score (nSPS) is 30.2. The second-order valence-corrected chi connectivity index (χ2v) is 7.56. The molecule has 3 rings (SSSR count). The first kappa shape index (κ1) is 16.9. The summed E-state index contributed by atoms with van der Waals surface area (Å²) >= 11 is 3.45. The van der Waals surface area contributed by atoms with E-state index >= 15 is 0 Å². The lowest BCUT2D eigenvalue weighted by atomic mass is 9.90. The van der Waals surface area contributed by atoms with Crippen molar-refractivity contribution in [3.05, 3.63) is 34.3 Å². The molecule has 3 unspecified atom stereocenters. The lowest BCUT2D eigenvalue weighted by molar-refractivity contribution is -0.132. The molecule has 1 amide bonds. The van der Waals surface area contributed by atoms with Gasteiger partial charge in [-0.1, -0.05) is 28.1 Å². The van der Waals surface area contributed by atoms with Crippen LogP contribution < -0.4 is 10.6 Å². The van der Waals surface area contributed by atoms with Crippen molar-refractivity contribution in [3.63, 3.8) is 0 Å². The fourth-order valence-corrected chi connectivity index (χ4v) is 3.56. The van der Waals surface area contributed by atoms with E-state index in [-0.39, 0.29) is 24.2 Å². The monoisotopic (exact) mass is 380 g/mol. The van der Waals surface area contributed by atoms with Crippen molar-refractivity contribution in [3.8, 4) is 0 Å². The molecule has 2 heterocycles. The Labute approximate surface area is 146 Å². The topological polar surface area (TPSA) is 47.6 Å². The average Bonchev–Trinajstić information content (AvgIpc) is 2.53. The van der Waals surface area contributed by atoms with Crippen LogP contribution in [0.25, 0.3) is 0 Å². The molecule has 1 aromatic rings. The maximum absolute atomic E-state index is 12.6. The Morgan fingerprint density at radius 3 is 2.43 bits per heavy atom. The van der Waals surface area contributed by atoms with Gasteiger partial charge in [0.05, 0.1) is 5.92 Å². The number of amides is 1. The predicted molar refractivity (Wildman–Crippen MR) is 94.9 cm³/mol. The molecular formula is C17H25BrN4O. The highest BCUT2D eigenvalue weighted by Gasteiger charge is 2.36. The summed E-state index contributed by atoms with van der Waals surface area (Å²) in [5, 5.41) is 6.74. The van der Waals surface area contributed by atoms with E-state index in [9.17, 15) is 4.79 Å². The number of hydrogen-bond acceptors (Lipinski definition) is 4. The summed E-state index contributed by atoms with van der Waals surface area (Å²) < 4.78 is 1.07. The number of carbonyl (C=O) groups is 1. The number of hydrogen-bond donors (Lipinski definition) is 2. The summed E-state index contributed by atoms with van der Waals surface area (Å²) in [5.74, 6) is 0.128. The number of nitrogens with zero attached hydrogens (tertiary/aromatic N) is 2. The van der Waals surface area contributed by atoms with Crippen LogP contribution in [0.3, 0.4) is 0 Å². The third kappa shape index (κ3) is 4.12. The molecule has 126 valence electrons. The van der Waals surface area contributed by atoms with Gasteiger partial charge in [-0.3, -0.25) is 15.0 Å². The van der Waals surface area contributed by atoms with Crippen molar-refractivity contribution in [2.24, 2.45) is 5.92 Å². The van der Waals surface area contributed by atoms with Gasteiger partial charge in [0.25, 0.3) is 0 Å². The van der Waals surface area contributed by atoms with Crippen LogP contribution in [0.15, 0.2) is 28.7 Å². The summed E-state index contributed by atoms with van der Waals surface area (Å²) in [6.07, 6.45) is 0.732. The SMILES string of the molecule is CC1NC(N2CCN(C)CC2)NC(=O)C1Cc1ccc(Br)cc1. The maximum atomic E-state index is 12.6. The third-order valence-corrected chi connectivity index (χ3v) is 5.44. The molecule has 0 aromatic heterocycles. The highest BCUT2D eigenvalue weighted by Crippen LogP contribution is 2.19. The van der Waals surface area contributed by atoms with Gasteiger partial charge in [0, 0.05) is 36.7 Å². The molecule has 2 N–H and O–H groups in total. The van der Waals surface area contributed by atoms with E-state index < -0.39 is 0 Å². The van der Waals surface area contributed by atoms with Crippen molar-refractivity contribution in [2.45, 2.75) is 25.7 Å². The average molecular weight is 381 g/mol. The molecule has 0 aliphatic carbocycles. The Morgan fingerprint density at radius 1 is 1.17 bits per heavy atom. The van der Waals surface area contributed by atoms with Gasteiger partial charge in [-0.05, 0) is 38.1 Å². The Bertz CT molecular complexity index is 542. The van der Waals surface area contributed by atoms with Crippen molar-refractivity contribution in [1.29, 1.82) is 0 Å². The first-order valence-corrected chi connectivity index (χ1v) is 9.05. The van der Waals surface area contributed by atoms with E-state index in [2.05, 4.69) is 62.5 Å². The van der Waals surface area contributed by atoms with Crippen LogP contribution in [0.5, 0.6) is 0 Å². The van der Waals surface area contributed by atoms with E-state index in [1.165, 1.54) is 5.56 Å². The van der Waals surface area contributed by atoms with Gasteiger partial charge in [-0.2, -0.15) is 0 Å². The molecular weight excluding hydrogens is 356 g/mol. The van der Waals surface area contributed by atoms with Gasteiger partial charge >= 0.3 is 0 Å². The van der Waals surface area contributed by atoms with Gasteiger partial charge in [0.15, 0.2) is 0 Å². The minimum atomic E-state index is -0.0348.